The zero-order chi connectivity index (χ0) is 15.6. The van der Waals surface area contributed by atoms with Crippen molar-refractivity contribution in [3.05, 3.63) is 63.7 Å². The Morgan fingerprint density at radius 2 is 1.67 bits per heavy atom. The molecule has 0 N–H and O–H groups in total. The van der Waals surface area contributed by atoms with Crippen molar-refractivity contribution in [2.24, 2.45) is 0 Å². The van der Waals surface area contributed by atoms with Gasteiger partial charge in [-0.25, -0.2) is 0 Å². The molecule has 0 heterocycles. The van der Waals surface area contributed by atoms with Gasteiger partial charge < -0.3 is 4.18 Å². The number of aryl methyl sites for hydroxylation is 1. The summed E-state index contributed by atoms with van der Waals surface area (Å²) in [5.74, 6) is 0.244. The summed E-state index contributed by atoms with van der Waals surface area (Å²) in [6.45, 7) is 3.61. The smallest absolute Gasteiger partial charge is 0.339 e. The number of hydrogen-bond donors (Lipinski definition) is 0. The molecule has 0 saturated heterocycles. The molecule has 0 amide bonds. The molecule has 2 aromatic rings. The predicted molar refractivity (Wildman–Crippen MR) is 76.8 cm³/mol. The highest BCUT2D eigenvalue weighted by Gasteiger charge is 2.19. The third-order valence-corrected chi connectivity index (χ3v) is 4.34. The van der Waals surface area contributed by atoms with Gasteiger partial charge in [-0.15, -0.1) is 0 Å². The van der Waals surface area contributed by atoms with Gasteiger partial charge in [-0.1, -0.05) is 12.1 Å². The number of rotatable bonds is 4. The lowest BCUT2D eigenvalue weighted by molar-refractivity contribution is -0.384. The zero-order valence-electron chi connectivity index (χ0n) is 11.4. The average Bonchev–Trinajstić information content (AvgIpc) is 2.44. The Labute approximate surface area is 122 Å². The van der Waals surface area contributed by atoms with Gasteiger partial charge in [0.15, 0.2) is 0 Å². The Balaban J connectivity index is 2.34. The van der Waals surface area contributed by atoms with E-state index in [0.717, 1.165) is 35.4 Å². The summed E-state index contributed by atoms with van der Waals surface area (Å²) < 4.78 is 29.4. The number of non-ortho nitro benzene ring substituents is 1. The van der Waals surface area contributed by atoms with Crippen LogP contribution in [0.3, 0.4) is 0 Å². The highest BCUT2D eigenvalue weighted by atomic mass is 32.2. The number of nitrogens with zero attached hydrogens (tertiary/aromatic N) is 1. The molecule has 6 nitrogen and oxygen atoms in total. The fourth-order valence-corrected chi connectivity index (χ4v) is 2.70. The normalized spacial score (nSPS) is 11.1. The third-order valence-electron chi connectivity index (χ3n) is 3.09. The van der Waals surface area contributed by atoms with Crippen molar-refractivity contribution in [2.45, 2.75) is 18.7 Å². The van der Waals surface area contributed by atoms with Gasteiger partial charge in [0.1, 0.15) is 10.6 Å². The van der Waals surface area contributed by atoms with E-state index in [4.69, 9.17) is 4.18 Å². The molecule has 0 bridgehead atoms. The lowest BCUT2D eigenvalue weighted by Crippen LogP contribution is -2.10. The summed E-state index contributed by atoms with van der Waals surface area (Å²) in [7, 11) is -4.02. The first-order valence-electron chi connectivity index (χ1n) is 6.06. The number of nitro groups is 1. The van der Waals surface area contributed by atoms with E-state index in [1.807, 2.05) is 13.0 Å². The Kier molecular flexibility index (Phi) is 3.95. The minimum absolute atomic E-state index is 0.131. The van der Waals surface area contributed by atoms with Crippen molar-refractivity contribution in [2.75, 3.05) is 0 Å². The summed E-state index contributed by atoms with van der Waals surface area (Å²) in [5, 5.41) is 10.6. The monoisotopic (exact) mass is 307 g/mol. The topological polar surface area (TPSA) is 86.5 Å². The zero-order valence-corrected chi connectivity index (χ0v) is 12.3. The van der Waals surface area contributed by atoms with Gasteiger partial charge in [0.2, 0.25) is 0 Å². The maximum Gasteiger partial charge on any atom is 0.339 e. The minimum atomic E-state index is -4.02. The van der Waals surface area contributed by atoms with Gasteiger partial charge in [0, 0.05) is 12.1 Å². The van der Waals surface area contributed by atoms with Crippen LogP contribution in [0, 0.1) is 24.0 Å². The van der Waals surface area contributed by atoms with Crippen LogP contribution in [0.5, 0.6) is 5.75 Å². The van der Waals surface area contributed by atoms with E-state index in [1.54, 1.807) is 19.1 Å². The summed E-state index contributed by atoms with van der Waals surface area (Å²) in [6, 6.07) is 9.66. The van der Waals surface area contributed by atoms with Crippen LogP contribution < -0.4 is 4.18 Å². The van der Waals surface area contributed by atoms with Crippen LogP contribution in [0.1, 0.15) is 11.1 Å². The molecule has 0 unspecified atom stereocenters. The van der Waals surface area contributed by atoms with E-state index in [2.05, 4.69) is 0 Å². The van der Waals surface area contributed by atoms with Crippen LogP contribution in [-0.2, 0) is 10.1 Å². The van der Waals surface area contributed by atoms with Gasteiger partial charge in [-0.05, 0) is 43.2 Å². The second-order valence-corrected chi connectivity index (χ2v) is 6.03. The van der Waals surface area contributed by atoms with Crippen LogP contribution in [0.15, 0.2) is 47.4 Å². The van der Waals surface area contributed by atoms with Crippen molar-refractivity contribution in [1.29, 1.82) is 0 Å². The maximum absolute atomic E-state index is 12.2. The Bertz CT molecular complexity index is 782. The summed E-state index contributed by atoms with van der Waals surface area (Å²) >= 11 is 0. The molecule has 21 heavy (non-hydrogen) atoms. The minimum Gasteiger partial charge on any atom is -0.379 e. The second-order valence-electron chi connectivity index (χ2n) is 4.49. The van der Waals surface area contributed by atoms with Gasteiger partial charge in [0.05, 0.1) is 4.92 Å². The van der Waals surface area contributed by atoms with Crippen LogP contribution >= 0.6 is 0 Å². The van der Waals surface area contributed by atoms with Crippen LogP contribution in [0.2, 0.25) is 0 Å². The molecule has 0 fully saturated rings. The van der Waals surface area contributed by atoms with E-state index in [9.17, 15) is 18.5 Å². The first kappa shape index (κ1) is 15.0. The molecule has 0 aliphatic rings. The largest absolute Gasteiger partial charge is 0.379 e. The van der Waals surface area contributed by atoms with Crippen molar-refractivity contribution in [3.63, 3.8) is 0 Å². The first-order chi connectivity index (χ1) is 9.81. The quantitative estimate of drug-likeness (QED) is 0.492. The third kappa shape index (κ3) is 3.19. The number of nitro benzene ring substituents is 1. The first-order valence-corrected chi connectivity index (χ1v) is 7.47. The predicted octanol–water partition coefficient (Wildman–Crippen LogP) is 2.98. The highest BCUT2D eigenvalue weighted by molar-refractivity contribution is 7.87. The molecule has 7 heteroatoms. The fraction of sp³-hybridized carbons (Fsp3) is 0.143. The standard InChI is InChI=1S/C14H13NO5S/c1-10-4-3-5-14(11(10)2)20-21(18,19)13-8-6-12(7-9-13)15(16)17/h3-9H,1-2H3. The SMILES string of the molecule is Cc1cccc(OS(=O)(=O)c2ccc([N+](=O)[O-])cc2)c1C. The molecule has 0 spiro atoms. The summed E-state index contributed by atoms with van der Waals surface area (Å²) in [6.07, 6.45) is 0. The van der Waals surface area contributed by atoms with Crippen molar-refractivity contribution >= 4 is 15.8 Å². The molecular formula is C14H13NO5S. The lowest BCUT2D eigenvalue weighted by Gasteiger charge is -2.10. The van der Waals surface area contributed by atoms with Crippen LogP contribution in [0.4, 0.5) is 5.69 Å². The van der Waals surface area contributed by atoms with Gasteiger partial charge in [-0.2, -0.15) is 8.42 Å². The van der Waals surface area contributed by atoms with E-state index >= 15 is 0 Å². The van der Waals surface area contributed by atoms with Crippen molar-refractivity contribution in [3.8, 4) is 5.75 Å². The van der Waals surface area contributed by atoms with Gasteiger partial charge in [0.25, 0.3) is 5.69 Å². The molecule has 0 aliphatic carbocycles. The molecule has 2 aromatic carbocycles. The molecule has 2 rings (SSSR count). The second kappa shape index (κ2) is 5.53. The number of hydrogen-bond acceptors (Lipinski definition) is 5. The Hall–Kier alpha value is -2.41. The van der Waals surface area contributed by atoms with Gasteiger partial charge in [-0.3, -0.25) is 10.1 Å². The van der Waals surface area contributed by atoms with E-state index in [0.29, 0.717) is 0 Å². The molecule has 110 valence electrons. The molecule has 0 aromatic heterocycles. The maximum atomic E-state index is 12.2. The Morgan fingerprint density at radius 3 is 2.24 bits per heavy atom. The fourth-order valence-electron chi connectivity index (χ4n) is 1.72. The van der Waals surface area contributed by atoms with Crippen LogP contribution in [-0.4, -0.2) is 13.3 Å². The lowest BCUT2D eigenvalue weighted by atomic mass is 10.1. The Morgan fingerprint density at radius 1 is 1.05 bits per heavy atom. The molecular weight excluding hydrogens is 294 g/mol. The molecule has 0 saturated carbocycles. The van der Waals surface area contributed by atoms with Crippen molar-refractivity contribution in [1.82, 2.24) is 0 Å². The average molecular weight is 307 g/mol. The molecule has 0 radical (unpaired) electrons. The van der Waals surface area contributed by atoms with E-state index < -0.39 is 15.0 Å². The summed E-state index contributed by atoms with van der Waals surface area (Å²) in [4.78, 5) is 9.83. The number of benzene rings is 2. The van der Waals surface area contributed by atoms with Gasteiger partial charge >= 0.3 is 10.1 Å². The van der Waals surface area contributed by atoms with E-state index in [-0.39, 0.29) is 16.3 Å². The highest BCUT2D eigenvalue weighted by Crippen LogP contribution is 2.25. The van der Waals surface area contributed by atoms with E-state index in [1.165, 1.54) is 0 Å². The van der Waals surface area contributed by atoms with Crippen molar-refractivity contribution < 1.29 is 17.5 Å². The van der Waals surface area contributed by atoms with Crippen LogP contribution in [0.25, 0.3) is 0 Å². The molecule has 0 atom stereocenters. The summed E-state index contributed by atoms with van der Waals surface area (Å²) in [5.41, 5.74) is 1.45. The molecule has 0 aliphatic heterocycles.